The van der Waals surface area contributed by atoms with Crippen LogP contribution in [0.25, 0.3) is 0 Å². The van der Waals surface area contributed by atoms with Crippen LogP contribution in [0.1, 0.15) is 37.0 Å². The fourth-order valence-corrected chi connectivity index (χ4v) is 1.60. The third-order valence-electron chi connectivity index (χ3n) is 2.92. The van der Waals surface area contributed by atoms with Gasteiger partial charge in [-0.1, -0.05) is 13.8 Å². The fourth-order valence-electron chi connectivity index (χ4n) is 1.60. The Hall–Kier alpha value is -2.04. The minimum Gasteiger partial charge on any atom is -0.494 e. The molecule has 0 heterocycles. The van der Waals surface area contributed by atoms with Gasteiger partial charge in [-0.3, -0.25) is 9.59 Å². The lowest BCUT2D eigenvalue weighted by molar-refractivity contribution is -0.140. The molecule has 0 aliphatic heterocycles. The molecule has 1 rings (SSSR count). The first-order chi connectivity index (χ1) is 10.0. The topological polar surface area (TPSA) is 64.6 Å². The Morgan fingerprint density at radius 1 is 1.19 bits per heavy atom. The molecule has 1 N–H and O–H groups in total. The van der Waals surface area contributed by atoms with Gasteiger partial charge in [-0.15, -0.1) is 0 Å². The van der Waals surface area contributed by atoms with Crippen molar-refractivity contribution in [1.82, 2.24) is 5.32 Å². The monoisotopic (exact) mass is 293 g/mol. The van der Waals surface area contributed by atoms with Gasteiger partial charge in [-0.25, -0.2) is 0 Å². The van der Waals surface area contributed by atoms with Gasteiger partial charge in [0.15, 0.2) is 0 Å². The lowest BCUT2D eigenvalue weighted by atomic mass is 10.1. The van der Waals surface area contributed by atoms with Gasteiger partial charge in [0, 0.05) is 12.1 Å². The van der Waals surface area contributed by atoms with Gasteiger partial charge in [-0.2, -0.15) is 0 Å². The van der Waals surface area contributed by atoms with Crippen LogP contribution in [-0.2, 0) is 9.53 Å². The molecule has 0 radical (unpaired) electrons. The van der Waals surface area contributed by atoms with Crippen LogP contribution < -0.4 is 10.1 Å². The first kappa shape index (κ1) is 17.0. The van der Waals surface area contributed by atoms with Gasteiger partial charge in [0.2, 0.25) is 0 Å². The number of ether oxygens (including phenoxy) is 2. The molecule has 1 amide bonds. The molecular formula is C16H23NO4. The standard InChI is InChI=1S/C16H23NO4/c1-12(2)9-11-21-14-6-4-13(5-7-14)16(19)17-10-8-15(18)20-3/h4-7,12H,8-11H2,1-3H3,(H,17,19). The Morgan fingerprint density at radius 3 is 2.43 bits per heavy atom. The second-order valence-corrected chi connectivity index (χ2v) is 5.14. The molecule has 0 aliphatic rings. The summed E-state index contributed by atoms with van der Waals surface area (Å²) in [6.45, 7) is 5.22. The maximum absolute atomic E-state index is 11.8. The number of amides is 1. The Kier molecular flexibility index (Phi) is 7.29. The molecular weight excluding hydrogens is 270 g/mol. The Balaban J connectivity index is 2.38. The third kappa shape index (κ3) is 6.79. The van der Waals surface area contributed by atoms with Crippen LogP contribution in [0, 0.1) is 5.92 Å². The summed E-state index contributed by atoms with van der Waals surface area (Å²) >= 11 is 0. The second-order valence-electron chi connectivity index (χ2n) is 5.14. The van der Waals surface area contributed by atoms with Crippen molar-refractivity contribution in [3.63, 3.8) is 0 Å². The molecule has 1 aromatic rings. The predicted molar refractivity (Wildman–Crippen MR) is 80.4 cm³/mol. The number of carbonyl (C=O) groups excluding carboxylic acids is 2. The quantitative estimate of drug-likeness (QED) is 0.748. The van der Waals surface area contributed by atoms with Crippen molar-refractivity contribution in [1.29, 1.82) is 0 Å². The van der Waals surface area contributed by atoms with Crippen LogP contribution in [0.3, 0.4) is 0 Å². The first-order valence-electron chi connectivity index (χ1n) is 7.10. The molecule has 5 heteroatoms. The molecule has 0 atom stereocenters. The van der Waals surface area contributed by atoms with Crippen molar-refractivity contribution in [3.8, 4) is 5.75 Å². The van der Waals surface area contributed by atoms with E-state index >= 15 is 0 Å². The number of methoxy groups -OCH3 is 1. The van der Waals surface area contributed by atoms with E-state index in [1.165, 1.54) is 7.11 Å². The zero-order chi connectivity index (χ0) is 15.7. The van der Waals surface area contributed by atoms with Gasteiger partial charge < -0.3 is 14.8 Å². The minimum atomic E-state index is -0.343. The van der Waals surface area contributed by atoms with Crippen LogP contribution >= 0.6 is 0 Å². The van der Waals surface area contributed by atoms with E-state index in [1.807, 2.05) is 0 Å². The van der Waals surface area contributed by atoms with Gasteiger partial charge in [-0.05, 0) is 36.6 Å². The molecule has 0 aromatic heterocycles. The Bertz CT molecular complexity index is 454. The Morgan fingerprint density at radius 2 is 1.86 bits per heavy atom. The van der Waals surface area contributed by atoms with Crippen molar-refractivity contribution in [3.05, 3.63) is 29.8 Å². The van der Waals surface area contributed by atoms with Gasteiger partial charge in [0.1, 0.15) is 5.75 Å². The van der Waals surface area contributed by atoms with E-state index in [2.05, 4.69) is 23.9 Å². The van der Waals surface area contributed by atoms with Gasteiger partial charge in [0.25, 0.3) is 5.91 Å². The lowest BCUT2D eigenvalue weighted by Gasteiger charge is -2.09. The first-order valence-corrected chi connectivity index (χ1v) is 7.10. The number of rotatable bonds is 8. The highest BCUT2D eigenvalue weighted by molar-refractivity contribution is 5.94. The number of benzene rings is 1. The van der Waals surface area contributed by atoms with E-state index in [0.29, 0.717) is 18.1 Å². The Labute approximate surface area is 125 Å². The summed E-state index contributed by atoms with van der Waals surface area (Å²) in [5, 5.41) is 2.66. The number of hydrogen-bond donors (Lipinski definition) is 1. The predicted octanol–water partition coefficient (Wildman–Crippen LogP) is 2.40. The summed E-state index contributed by atoms with van der Waals surface area (Å²) in [7, 11) is 1.32. The molecule has 116 valence electrons. The SMILES string of the molecule is COC(=O)CCNC(=O)c1ccc(OCCC(C)C)cc1. The zero-order valence-corrected chi connectivity index (χ0v) is 12.8. The van der Waals surface area contributed by atoms with Crippen LogP contribution in [0.4, 0.5) is 0 Å². The highest BCUT2D eigenvalue weighted by Crippen LogP contribution is 2.13. The van der Waals surface area contributed by atoms with E-state index in [0.717, 1.165) is 12.2 Å². The van der Waals surface area contributed by atoms with Crippen LogP contribution in [0.2, 0.25) is 0 Å². The van der Waals surface area contributed by atoms with E-state index in [-0.39, 0.29) is 24.8 Å². The van der Waals surface area contributed by atoms with Gasteiger partial charge >= 0.3 is 5.97 Å². The number of hydrogen-bond acceptors (Lipinski definition) is 4. The molecule has 0 saturated carbocycles. The number of esters is 1. The zero-order valence-electron chi connectivity index (χ0n) is 12.8. The summed E-state index contributed by atoms with van der Waals surface area (Å²) < 4.78 is 10.1. The second kappa shape index (κ2) is 9.00. The highest BCUT2D eigenvalue weighted by atomic mass is 16.5. The maximum atomic E-state index is 11.8. The summed E-state index contributed by atoms with van der Waals surface area (Å²) in [5.74, 6) is 0.795. The van der Waals surface area contributed by atoms with E-state index in [4.69, 9.17) is 4.74 Å². The number of nitrogens with one attached hydrogen (secondary N) is 1. The van der Waals surface area contributed by atoms with Crippen molar-refractivity contribution >= 4 is 11.9 Å². The van der Waals surface area contributed by atoms with Crippen LogP contribution in [0.5, 0.6) is 5.75 Å². The molecule has 0 fully saturated rings. The summed E-state index contributed by atoms with van der Waals surface area (Å²) in [4.78, 5) is 22.8. The molecule has 5 nitrogen and oxygen atoms in total. The van der Waals surface area contributed by atoms with Crippen molar-refractivity contribution < 1.29 is 19.1 Å². The molecule has 0 unspecified atom stereocenters. The molecule has 0 saturated heterocycles. The summed E-state index contributed by atoms with van der Waals surface area (Å²) in [6, 6.07) is 6.96. The average molecular weight is 293 g/mol. The van der Waals surface area contributed by atoms with E-state index < -0.39 is 0 Å². The lowest BCUT2D eigenvalue weighted by Crippen LogP contribution is -2.26. The highest BCUT2D eigenvalue weighted by Gasteiger charge is 2.07. The fraction of sp³-hybridized carbons (Fsp3) is 0.500. The van der Waals surface area contributed by atoms with Crippen molar-refractivity contribution in [2.45, 2.75) is 26.7 Å². The normalized spacial score (nSPS) is 10.3. The summed E-state index contributed by atoms with van der Waals surface area (Å²) in [5.41, 5.74) is 0.538. The summed E-state index contributed by atoms with van der Waals surface area (Å²) in [6.07, 6.45) is 1.16. The molecule has 0 spiro atoms. The molecule has 1 aromatic carbocycles. The average Bonchev–Trinajstić information content (AvgIpc) is 2.47. The molecule has 0 aliphatic carbocycles. The van der Waals surface area contributed by atoms with Crippen molar-refractivity contribution in [2.24, 2.45) is 5.92 Å². The smallest absolute Gasteiger partial charge is 0.307 e. The molecule has 21 heavy (non-hydrogen) atoms. The van der Waals surface area contributed by atoms with Crippen molar-refractivity contribution in [2.75, 3.05) is 20.3 Å². The van der Waals surface area contributed by atoms with E-state index in [1.54, 1.807) is 24.3 Å². The molecule has 0 bridgehead atoms. The third-order valence-corrected chi connectivity index (χ3v) is 2.92. The number of carbonyl (C=O) groups is 2. The van der Waals surface area contributed by atoms with Crippen LogP contribution in [-0.4, -0.2) is 32.1 Å². The van der Waals surface area contributed by atoms with Crippen LogP contribution in [0.15, 0.2) is 24.3 Å². The largest absolute Gasteiger partial charge is 0.494 e. The minimum absolute atomic E-state index is 0.165. The van der Waals surface area contributed by atoms with E-state index in [9.17, 15) is 9.59 Å². The van der Waals surface area contributed by atoms with Gasteiger partial charge in [0.05, 0.1) is 20.1 Å². The maximum Gasteiger partial charge on any atom is 0.307 e.